The van der Waals surface area contributed by atoms with Gasteiger partial charge >= 0.3 is 0 Å². The fraction of sp³-hybridized carbons (Fsp3) is 0.150. The van der Waals surface area contributed by atoms with E-state index < -0.39 is 0 Å². The van der Waals surface area contributed by atoms with E-state index in [0.717, 1.165) is 41.5 Å². The van der Waals surface area contributed by atoms with Gasteiger partial charge in [-0.25, -0.2) is 0 Å². The molecule has 0 aromatic heterocycles. The van der Waals surface area contributed by atoms with Crippen LogP contribution in [0.1, 0.15) is 30.4 Å². The lowest BCUT2D eigenvalue weighted by Gasteiger charge is -2.16. The second-order valence-electron chi connectivity index (χ2n) is 5.79. The number of halogens is 2. The number of hydrogen-bond donors (Lipinski definition) is 1. The number of Topliss-reactive ketones (excluding diaryl/α,β-unsaturated/α-hetero) is 1. The minimum absolute atomic E-state index is 0.0698. The van der Waals surface area contributed by atoms with Gasteiger partial charge < -0.3 is 5.11 Å². The molecule has 3 rings (SSSR count). The summed E-state index contributed by atoms with van der Waals surface area (Å²) in [6, 6.07) is 12.2. The Kier molecular flexibility index (Phi) is 5.08. The first-order chi connectivity index (χ1) is 11.5. The van der Waals surface area contributed by atoms with Gasteiger partial charge in [0.2, 0.25) is 0 Å². The van der Waals surface area contributed by atoms with Crippen molar-refractivity contribution < 1.29 is 9.90 Å². The van der Waals surface area contributed by atoms with Gasteiger partial charge in [-0.1, -0.05) is 41.4 Å². The van der Waals surface area contributed by atoms with Crippen molar-refractivity contribution in [2.24, 2.45) is 0 Å². The van der Waals surface area contributed by atoms with Gasteiger partial charge in [-0.3, -0.25) is 4.79 Å². The molecule has 2 nitrogen and oxygen atoms in total. The van der Waals surface area contributed by atoms with Crippen molar-refractivity contribution in [3.05, 3.63) is 74.8 Å². The van der Waals surface area contributed by atoms with Crippen LogP contribution in [0.5, 0.6) is 5.75 Å². The summed E-state index contributed by atoms with van der Waals surface area (Å²) in [7, 11) is 0. The van der Waals surface area contributed by atoms with Gasteiger partial charge in [0.1, 0.15) is 5.75 Å². The maximum absolute atomic E-state index is 12.7. The van der Waals surface area contributed by atoms with Crippen molar-refractivity contribution in [3.8, 4) is 5.75 Å². The molecule has 0 saturated heterocycles. The number of ketones is 1. The number of hydrogen-bond acceptors (Lipinski definition) is 2. The Labute approximate surface area is 151 Å². The molecule has 122 valence electrons. The fourth-order valence-electron chi connectivity index (χ4n) is 2.75. The molecule has 0 atom stereocenters. The standard InChI is InChI=1S/C20H16Cl2O2/c21-18-9-6-14(12-19(18)22)11-16-3-1-2-15(20(16)24)10-13-4-7-17(23)8-5-13/h4-12,23H,1-3H2/b15-10+,16-11-. The summed E-state index contributed by atoms with van der Waals surface area (Å²) < 4.78 is 0. The number of carbonyl (C=O) groups is 1. The highest BCUT2D eigenvalue weighted by Gasteiger charge is 2.20. The summed E-state index contributed by atoms with van der Waals surface area (Å²) in [6.07, 6.45) is 6.23. The Morgan fingerprint density at radius 2 is 1.42 bits per heavy atom. The third kappa shape index (κ3) is 3.89. The quantitative estimate of drug-likeness (QED) is 0.676. The summed E-state index contributed by atoms with van der Waals surface area (Å²) in [4.78, 5) is 12.7. The van der Waals surface area contributed by atoms with E-state index in [9.17, 15) is 9.90 Å². The highest BCUT2D eigenvalue weighted by molar-refractivity contribution is 6.42. The SMILES string of the molecule is O=C1/C(=C\c2ccc(Cl)c(Cl)c2)CCC/C1=C\c1ccc(O)cc1. The molecule has 1 aliphatic carbocycles. The van der Waals surface area contributed by atoms with Crippen LogP contribution in [0.3, 0.4) is 0 Å². The third-order valence-corrected chi connectivity index (χ3v) is 4.73. The van der Waals surface area contributed by atoms with Gasteiger partial charge in [-0.2, -0.15) is 0 Å². The second kappa shape index (κ2) is 7.25. The topological polar surface area (TPSA) is 37.3 Å². The molecule has 0 amide bonds. The molecule has 1 aliphatic rings. The Morgan fingerprint density at radius 1 is 0.833 bits per heavy atom. The number of phenolic OH excluding ortho intramolecular Hbond substituents is 1. The number of carbonyl (C=O) groups excluding carboxylic acids is 1. The molecule has 1 N–H and O–H groups in total. The average Bonchev–Trinajstić information content (AvgIpc) is 2.57. The number of allylic oxidation sites excluding steroid dienone is 2. The van der Waals surface area contributed by atoms with Crippen molar-refractivity contribution in [1.29, 1.82) is 0 Å². The summed E-state index contributed by atoms with van der Waals surface area (Å²) in [5, 5.41) is 10.3. The molecule has 0 heterocycles. The van der Waals surface area contributed by atoms with Gasteiger partial charge in [-0.15, -0.1) is 0 Å². The molecule has 0 bridgehead atoms. The highest BCUT2D eigenvalue weighted by atomic mass is 35.5. The summed E-state index contributed by atoms with van der Waals surface area (Å²) in [5.74, 6) is 0.285. The summed E-state index contributed by atoms with van der Waals surface area (Å²) >= 11 is 12.0. The molecule has 1 saturated carbocycles. The van der Waals surface area contributed by atoms with Crippen LogP contribution in [0.15, 0.2) is 53.6 Å². The Morgan fingerprint density at radius 3 is 2.04 bits per heavy atom. The van der Waals surface area contributed by atoms with Crippen molar-refractivity contribution >= 4 is 41.1 Å². The van der Waals surface area contributed by atoms with E-state index in [1.807, 2.05) is 18.2 Å². The van der Waals surface area contributed by atoms with Crippen molar-refractivity contribution in [1.82, 2.24) is 0 Å². The predicted molar refractivity (Wildman–Crippen MR) is 99.4 cm³/mol. The molecule has 2 aromatic rings. The number of phenols is 1. The highest BCUT2D eigenvalue weighted by Crippen LogP contribution is 2.30. The minimum atomic E-state index is 0.0698. The fourth-order valence-corrected chi connectivity index (χ4v) is 3.06. The molecule has 2 aromatic carbocycles. The van der Waals surface area contributed by atoms with Crippen molar-refractivity contribution in [2.75, 3.05) is 0 Å². The number of aromatic hydroxyl groups is 1. The molecule has 24 heavy (non-hydrogen) atoms. The number of rotatable bonds is 2. The minimum Gasteiger partial charge on any atom is -0.508 e. The lowest BCUT2D eigenvalue weighted by atomic mass is 9.87. The van der Waals surface area contributed by atoms with Gasteiger partial charge in [0.05, 0.1) is 10.0 Å². The summed E-state index contributed by atoms with van der Waals surface area (Å²) in [6.45, 7) is 0. The zero-order valence-electron chi connectivity index (χ0n) is 12.9. The Hall–Kier alpha value is -2.03. The van der Waals surface area contributed by atoms with E-state index in [-0.39, 0.29) is 11.5 Å². The van der Waals surface area contributed by atoms with Crippen molar-refractivity contribution in [2.45, 2.75) is 19.3 Å². The van der Waals surface area contributed by atoms with E-state index in [4.69, 9.17) is 23.2 Å². The van der Waals surface area contributed by atoms with Crippen LogP contribution in [-0.4, -0.2) is 10.9 Å². The molecule has 0 aliphatic heterocycles. The van der Waals surface area contributed by atoms with E-state index in [2.05, 4.69) is 0 Å². The predicted octanol–water partition coefficient (Wildman–Crippen LogP) is 5.92. The number of benzene rings is 2. The molecule has 0 radical (unpaired) electrons. The van der Waals surface area contributed by atoms with E-state index in [1.54, 1.807) is 36.4 Å². The third-order valence-electron chi connectivity index (χ3n) is 3.99. The van der Waals surface area contributed by atoms with Gasteiger partial charge in [-0.05, 0) is 66.8 Å². The Balaban J connectivity index is 1.88. The van der Waals surface area contributed by atoms with Crippen LogP contribution in [0.4, 0.5) is 0 Å². The van der Waals surface area contributed by atoms with Crippen LogP contribution in [-0.2, 0) is 4.79 Å². The van der Waals surface area contributed by atoms with Gasteiger partial charge in [0.15, 0.2) is 5.78 Å². The van der Waals surface area contributed by atoms with E-state index in [1.165, 1.54) is 0 Å². The molecule has 1 fully saturated rings. The largest absolute Gasteiger partial charge is 0.508 e. The second-order valence-corrected chi connectivity index (χ2v) is 6.60. The molecular weight excluding hydrogens is 343 g/mol. The van der Waals surface area contributed by atoms with Crippen LogP contribution >= 0.6 is 23.2 Å². The maximum atomic E-state index is 12.7. The lowest BCUT2D eigenvalue weighted by Crippen LogP contribution is -2.12. The summed E-state index contributed by atoms with van der Waals surface area (Å²) in [5.41, 5.74) is 3.36. The zero-order valence-corrected chi connectivity index (χ0v) is 14.4. The molecule has 0 unspecified atom stereocenters. The van der Waals surface area contributed by atoms with Crippen LogP contribution < -0.4 is 0 Å². The van der Waals surface area contributed by atoms with Crippen molar-refractivity contribution in [3.63, 3.8) is 0 Å². The Bertz CT molecular complexity index is 833. The monoisotopic (exact) mass is 358 g/mol. The molecule has 4 heteroatoms. The first kappa shape index (κ1) is 16.8. The molecular formula is C20H16Cl2O2. The van der Waals surface area contributed by atoms with Gasteiger partial charge in [0, 0.05) is 11.1 Å². The van der Waals surface area contributed by atoms with E-state index in [0.29, 0.717) is 10.0 Å². The van der Waals surface area contributed by atoms with Crippen LogP contribution in [0.25, 0.3) is 12.2 Å². The smallest absolute Gasteiger partial charge is 0.185 e. The zero-order chi connectivity index (χ0) is 17.1. The first-order valence-corrected chi connectivity index (χ1v) is 8.48. The normalized spacial score (nSPS) is 18.3. The van der Waals surface area contributed by atoms with E-state index >= 15 is 0 Å². The average molecular weight is 359 g/mol. The van der Waals surface area contributed by atoms with Crippen LogP contribution in [0, 0.1) is 0 Å². The lowest BCUT2D eigenvalue weighted by molar-refractivity contribution is -0.112. The first-order valence-electron chi connectivity index (χ1n) is 7.73. The molecule has 0 spiro atoms. The maximum Gasteiger partial charge on any atom is 0.185 e. The van der Waals surface area contributed by atoms with Gasteiger partial charge in [0.25, 0.3) is 0 Å². The van der Waals surface area contributed by atoms with Crippen LogP contribution in [0.2, 0.25) is 10.0 Å².